The topological polar surface area (TPSA) is 21.3 Å². The van der Waals surface area contributed by atoms with E-state index in [1.54, 1.807) is 0 Å². The van der Waals surface area contributed by atoms with Gasteiger partial charge < -0.3 is 10.1 Å². The lowest BCUT2D eigenvalue weighted by molar-refractivity contribution is 0.0883. The summed E-state index contributed by atoms with van der Waals surface area (Å²) in [6.45, 7) is 7.71. The summed E-state index contributed by atoms with van der Waals surface area (Å²) in [5.74, 6) is 1.74. The first-order valence-corrected chi connectivity index (χ1v) is 7.29. The van der Waals surface area contributed by atoms with E-state index >= 15 is 0 Å². The molecule has 1 aromatic rings. The molecule has 2 atom stereocenters. The first-order valence-electron chi connectivity index (χ1n) is 7.29. The van der Waals surface area contributed by atoms with Gasteiger partial charge in [0.05, 0.1) is 0 Å². The third-order valence-electron chi connectivity index (χ3n) is 4.07. The Hall–Kier alpha value is -1.02. The molecule has 0 saturated heterocycles. The molecule has 0 spiro atoms. The molecule has 0 amide bonds. The van der Waals surface area contributed by atoms with Gasteiger partial charge in [0.15, 0.2) is 0 Å². The number of nitrogens with one attached hydrogen (secondary N) is 1. The van der Waals surface area contributed by atoms with E-state index in [0.29, 0.717) is 18.1 Å². The third kappa shape index (κ3) is 2.69. The second kappa shape index (κ2) is 6.24. The van der Waals surface area contributed by atoms with Crippen LogP contribution in [0.1, 0.15) is 51.6 Å². The Labute approximate surface area is 111 Å². The van der Waals surface area contributed by atoms with Crippen molar-refractivity contribution in [2.75, 3.05) is 6.54 Å². The van der Waals surface area contributed by atoms with Crippen LogP contribution in [0.3, 0.4) is 0 Å². The van der Waals surface area contributed by atoms with E-state index in [2.05, 4.69) is 50.4 Å². The number of fused-ring (bicyclic) bond motifs is 1. The summed E-state index contributed by atoms with van der Waals surface area (Å²) in [4.78, 5) is 0. The lowest BCUT2D eigenvalue weighted by Crippen LogP contribution is -2.37. The number of para-hydroxylation sites is 1. The van der Waals surface area contributed by atoms with Crippen molar-refractivity contribution in [3.63, 3.8) is 0 Å². The summed E-state index contributed by atoms with van der Waals surface area (Å²) >= 11 is 0. The molecule has 0 radical (unpaired) electrons. The summed E-state index contributed by atoms with van der Waals surface area (Å²) in [7, 11) is 0. The van der Waals surface area contributed by atoms with Crippen LogP contribution in [0, 0.1) is 5.92 Å². The molecule has 2 rings (SSSR count). The molecule has 1 aliphatic heterocycles. The van der Waals surface area contributed by atoms with E-state index in [9.17, 15) is 0 Å². The number of hydrogen-bond acceptors (Lipinski definition) is 2. The van der Waals surface area contributed by atoms with Crippen molar-refractivity contribution >= 4 is 0 Å². The van der Waals surface area contributed by atoms with Crippen LogP contribution >= 0.6 is 0 Å². The monoisotopic (exact) mass is 247 g/mol. The molecule has 1 N–H and O–H groups in total. The van der Waals surface area contributed by atoms with Gasteiger partial charge >= 0.3 is 0 Å². The minimum Gasteiger partial charge on any atom is -0.490 e. The largest absolute Gasteiger partial charge is 0.490 e. The molecule has 2 heteroatoms. The Morgan fingerprint density at radius 3 is 2.61 bits per heavy atom. The van der Waals surface area contributed by atoms with Crippen LogP contribution < -0.4 is 10.1 Å². The average molecular weight is 247 g/mol. The standard InChI is InChI=1S/C16H25NO/c1-4-12(5-2)16-11-14(17-6-3)13-9-7-8-10-15(13)18-16/h7-10,12,14,16-17H,4-6,11H2,1-3H3. The van der Waals surface area contributed by atoms with Crippen molar-refractivity contribution in [1.29, 1.82) is 0 Å². The van der Waals surface area contributed by atoms with Crippen LogP contribution in [0.5, 0.6) is 5.75 Å². The van der Waals surface area contributed by atoms with Crippen molar-refractivity contribution in [1.82, 2.24) is 5.32 Å². The highest BCUT2D eigenvalue weighted by Gasteiger charge is 2.31. The number of benzene rings is 1. The molecule has 1 aliphatic rings. The Morgan fingerprint density at radius 1 is 1.22 bits per heavy atom. The van der Waals surface area contributed by atoms with E-state index in [1.807, 2.05) is 0 Å². The Morgan fingerprint density at radius 2 is 1.94 bits per heavy atom. The van der Waals surface area contributed by atoms with Gasteiger partial charge in [-0.1, -0.05) is 39.0 Å². The van der Waals surface area contributed by atoms with Crippen molar-refractivity contribution in [3.8, 4) is 5.75 Å². The summed E-state index contributed by atoms with van der Waals surface area (Å²) in [5, 5.41) is 3.59. The van der Waals surface area contributed by atoms with Crippen LogP contribution in [-0.2, 0) is 0 Å². The maximum Gasteiger partial charge on any atom is 0.124 e. The molecular formula is C16H25NO. The SMILES string of the molecule is CCNC1CC(C(CC)CC)Oc2ccccc21. The number of hydrogen-bond donors (Lipinski definition) is 1. The predicted octanol–water partition coefficient (Wildman–Crippen LogP) is 3.92. The maximum absolute atomic E-state index is 6.21. The normalized spacial score (nSPS) is 22.7. The molecule has 0 bridgehead atoms. The third-order valence-corrected chi connectivity index (χ3v) is 4.07. The Balaban J connectivity index is 2.22. The van der Waals surface area contributed by atoms with Crippen molar-refractivity contribution < 1.29 is 4.74 Å². The fourth-order valence-electron chi connectivity index (χ4n) is 2.99. The molecule has 0 aliphatic carbocycles. The van der Waals surface area contributed by atoms with Crippen LogP contribution in [0.15, 0.2) is 24.3 Å². The van der Waals surface area contributed by atoms with Crippen molar-refractivity contribution in [2.24, 2.45) is 5.92 Å². The van der Waals surface area contributed by atoms with Crippen LogP contribution in [-0.4, -0.2) is 12.6 Å². The molecule has 18 heavy (non-hydrogen) atoms. The van der Waals surface area contributed by atoms with Crippen molar-refractivity contribution in [2.45, 2.75) is 52.2 Å². The predicted molar refractivity (Wildman–Crippen MR) is 76.0 cm³/mol. The molecular weight excluding hydrogens is 222 g/mol. The van der Waals surface area contributed by atoms with Gasteiger partial charge in [0.25, 0.3) is 0 Å². The van der Waals surface area contributed by atoms with Crippen LogP contribution in [0.4, 0.5) is 0 Å². The van der Waals surface area contributed by atoms with Gasteiger partial charge in [0.2, 0.25) is 0 Å². The second-order valence-corrected chi connectivity index (χ2v) is 5.12. The zero-order valence-electron chi connectivity index (χ0n) is 11.8. The average Bonchev–Trinajstić information content (AvgIpc) is 2.40. The van der Waals surface area contributed by atoms with Gasteiger partial charge in [0.1, 0.15) is 11.9 Å². The van der Waals surface area contributed by atoms with E-state index in [4.69, 9.17) is 4.74 Å². The molecule has 2 nitrogen and oxygen atoms in total. The highest BCUT2D eigenvalue weighted by Crippen LogP contribution is 2.37. The maximum atomic E-state index is 6.21. The van der Waals surface area contributed by atoms with Gasteiger partial charge in [0, 0.05) is 18.0 Å². The highest BCUT2D eigenvalue weighted by molar-refractivity contribution is 5.38. The van der Waals surface area contributed by atoms with Crippen LogP contribution in [0.25, 0.3) is 0 Å². The number of ether oxygens (including phenoxy) is 1. The molecule has 0 fully saturated rings. The lowest BCUT2D eigenvalue weighted by Gasteiger charge is -2.36. The zero-order valence-corrected chi connectivity index (χ0v) is 11.8. The molecule has 100 valence electrons. The van der Waals surface area contributed by atoms with Crippen LogP contribution in [0.2, 0.25) is 0 Å². The lowest BCUT2D eigenvalue weighted by atomic mass is 9.87. The van der Waals surface area contributed by atoms with Gasteiger partial charge in [-0.15, -0.1) is 0 Å². The summed E-state index contributed by atoms with van der Waals surface area (Å²) in [6, 6.07) is 8.91. The second-order valence-electron chi connectivity index (χ2n) is 5.12. The van der Waals surface area contributed by atoms with Gasteiger partial charge in [-0.05, 0) is 31.4 Å². The quantitative estimate of drug-likeness (QED) is 0.851. The molecule has 1 aromatic carbocycles. The minimum absolute atomic E-state index is 0.360. The minimum atomic E-state index is 0.360. The summed E-state index contributed by atoms with van der Waals surface area (Å²) < 4.78 is 6.21. The molecule has 1 heterocycles. The van der Waals surface area contributed by atoms with Crippen molar-refractivity contribution in [3.05, 3.63) is 29.8 Å². The van der Waals surface area contributed by atoms with Gasteiger partial charge in [-0.25, -0.2) is 0 Å². The Kier molecular flexibility index (Phi) is 4.65. The fraction of sp³-hybridized carbons (Fsp3) is 0.625. The first kappa shape index (κ1) is 13.4. The van der Waals surface area contributed by atoms with E-state index in [-0.39, 0.29) is 0 Å². The molecule has 2 unspecified atom stereocenters. The number of rotatable bonds is 5. The first-order chi connectivity index (χ1) is 8.80. The smallest absolute Gasteiger partial charge is 0.124 e. The Bertz CT molecular complexity index is 373. The van der Waals surface area contributed by atoms with Gasteiger partial charge in [-0.3, -0.25) is 0 Å². The fourth-order valence-corrected chi connectivity index (χ4v) is 2.99. The van der Waals surface area contributed by atoms with E-state index in [0.717, 1.165) is 18.7 Å². The molecule has 0 aromatic heterocycles. The van der Waals surface area contributed by atoms with Gasteiger partial charge in [-0.2, -0.15) is 0 Å². The van der Waals surface area contributed by atoms with E-state index in [1.165, 1.54) is 18.4 Å². The van der Waals surface area contributed by atoms with E-state index < -0.39 is 0 Å². The summed E-state index contributed by atoms with van der Waals surface area (Å²) in [6.07, 6.45) is 3.85. The highest BCUT2D eigenvalue weighted by atomic mass is 16.5. The molecule has 0 saturated carbocycles. The summed E-state index contributed by atoms with van der Waals surface area (Å²) in [5.41, 5.74) is 1.32. The zero-order chi connectivity index (χ0) is 13.0.